The van der Waals surface area contributed by atoms with E-state index in [-0.39, 0.29) is 24.3 Å². The van der Waals surface area contributed by atoms with Gasteiger partial charge < -0.3 is 34.7 Å². The highest BCUT2D eigenvalue weighted by atomic mass is 19.1. The Bertz CT molecular complexity index is 1460. The van der Waals surface area contributed by atoms with E-state index in [1.54, 1.807) is 12.3 Å². The third-order valence-electron chi connectivity index (χ3n) is 7.17. The number of nitrogens with zero attached hydrogens (tertiary/aromatic N) is 1. The maximum Gasteiger partial charge on any atom is 0.254 e. The topological polar surface area (TPSA) is 113 Å². The molecule has 8 nitrogen and oxygen atoms in total. The Hall–Kier alpha value is -3.50. The van der Waals surface area contributed by atoms with Gasteiger partial charge in [0.1, 0.15) is 5.54 Å². The van der Waals surface area contributed by atoms with Crippen molar-refractivity contribution < 1.29 is 34.0 Å². The first-order chi connectivity index (χ1) is 17.7. The summed E-state index contributed by atoms with van der Waals surface area (Å²) >= 11 is 0. The lowest BCUT2D eigenvalue weighted by Crippen LogP contribution is -2.66. The number of aliphatic hydroxyl groups excluding tert-OH is 3. The molecule has 1 saturated heterocycles. The van der Waals surface area contributed by atoms with Crippen molar-refractivity contribution in [1.29, 1.82) is 0 Å². The number of halogens is 1. The molecule has 5 rings (SSSR count). The van der Waals surface area contributed by atoms with Crippen molar-refractivity contribution in [3.8, 4) is 5.75 Å². The zero-order valence-electron chi connectivity index (χ0n) is 20.5. The minimum Gasteiger partial charge on any atom is -0.494 e. The number of ether oxygens (including phenoxy) is 2. The first-order valence-corrected chi connectivity index (χ1v) is 12.0. The summed E-state index contributed by atoms with van der Waals surface area (Å²) < 4.78 is 27.1. The highest BCUT2D eigenvalue weighted by Crippen LogP contribution is 2.32. The van der Waals surface area contributed by atoms with E-state index in [1.807, 2.05) is 41.0 Å². The summed E-state index contributed by atoms with van der Waals surface area (Å²) in [5, 5.41) is 35.7. The number of methoxy groups -OCH3 is 1. The first-order valence-electron chi connectivity index (χ1n) is 12.0. The molecule has 2 heterocycles. The monoisotopic (exact) mass is 508 g/mol. The average molecular weight is 509 g/mol. The Morgan fingerprint density at radius 2 is 1.95 bits per heavy atom. The van der Waals surface area contributed by atoms with Crippen LogP contribution in [0.4, 0.5) is 4.39 Å². The number of hydrogen-bond donors (Lipinski definition) is 4. The van der Waals surface area contributed by atoms with Crippen molar-refractivity contribution in [2.24, 2.45) is 0 Å². The van der Waals surface area contributed by atoms with Crippen LogP contribution in [0.5, 0.6) is 5.75 Å². The van der Waals surface area contributed by atoms with Gasteiger partial charge in [-0.25, -0.2) is 4.39 Å². The second-order valence-corrected chi connectivity index (χ2v) is 9.64. The third-order valence-corrected chi connectivity index (χ3v) is 7.17. The smallest absolute Gasteiger partial charge is 0.254 e. The third kappa shape index (κ3) is 4.55. The molecule has 0 radical (unpaired) electrons. The number of aliphatic hydroxyl groups is 3. The quantitative estimate of drug-likeness (QED) is 0.319. The van der Waals surface area contributed by atoms with Crippen LogP contribution in [0.25, 0.3) is 21.7 Å². The number of hydrogen-bond acceptors (Lipinski definition) is 6. The SMILES string of the molecule is COc1cc2c(cc1F)c(C(=O)N[C@@]1(C)C(O)O[C@H](CO)C[C@@H]1O)cn2Cc1ccc2ccccc2c1. The van der Waals surface area contributed by atoms with Crippen LogP contribution in [0.2, 0.25) is 0 Å². The molecular weight excluding hydrogens is 479 g/mol. The number of carbonyl (C=O) groups is 1. The van der Waals surface area contributed by atoms with E-state index in [9.17, 15) is 24.5 Å². The van der Waals surface area contributed by atoms with Crippen molar-refractivity contribution in [2.45, 2.75) is 43.9 Å². The van der Waals surface area contributed by atoms with Crippen LogP contribution >= 0.6 is 0 Å². The molecule has 1 aliphatic rings. The summed E-state index contributed by atoms with van der Waals surface area (Å²) in [6, 6.07) is 16.9. The van der Waals surface area contributed by atoms with Crippen molar-refractivity contribution in [2.75, 3.05) is 13.7 Å². The number of aromatic nitrogens is 1. The molecule has 0 saturated carbocycles. The molecule has 194 valence electrons. The molecule has 1 aromatic heterocycles. The number of rotatable bonds is 6. The van der Waals surface area contributed by atoms with Crippen LogP contribution < -0.4 is 10.1 Å². The molecule has 0 aliphatic carbocycles. The van der Waals surface area contributed by atoms with E-state index < -0.39 is 35.8 Å². The zero-order chi connectivity index (χ0) is 26.3. The van der Waals surface area contributed by atoms with Gasteiger partial charge in [-0.1, -0.05) is 36.4 Å². The van der Waals surface area contributed by atoms with Crippen molar-refractivity contribution >= 4 is 27.6 Å². The average Bonchev–Trinajstić information content (AvgIpc) is 3.23. The van der Waals surface area contributed by atoms with Crippen LogP contribution in [0.1, 0.15) is 29.3 Å². The van der Waals surface area contributed by atoms with Gasteiger partial charge in [0.05, 0.1) is 37.0 Å². The first kappa shape index (κ1) is 25.2. The van der Waals surface area contributed by atoms with Gasteiger partial charge in [-0.2, -0.15) is 0 Å². The highest BCUT2D eigenvalue weighted by Gasteiger charge is 2.48. The second-order valence-electron chi connectivity index (χ2n) is 9.64. The summed E-state index contributed by atoms with van der Waals surface area (Å²) in [6.07, 6.45) is -1.84. The van der Waals surface area contributed by atoms with E-state index in [4.69, 9.17) is 9.47 Å². The summed E-state index contributed by atoms with van der Waals surface area (Å²) in [5.74, 6) is -1.19. The zero-order valence-corrected chi connectivity index (χ0v) is 20.5. The highest BCUT2D eigenvalue weighted by molar-refractivity contribution is 6.07. The fourth-order valence-electron chi connectivity index (χ4n) is 4.91. The van der Waals surface area contributed by atoms with Crippen molar-refractivity contribution in [1.82, 2.24) is 9.88 Å². The van der Waals surface area contributed by atoms with Gasteiger partial charge in [0, 0.05) is 30.6 Å². The van der Waals surface area contributed by atoms with Gasteiger partial charge in [0.25, 0.3) is 5.91 Å². The molecule has 4 atom stereocenters. The van der Waals surface area contributed by atoms with E-state index in [0.717, 1.165) is 16.3 Å². The Morgan fingerprint density at radius 1 is 1.19 bits per heavy atom. The molecule has 1 aliphatic heterocycles. The fraction of sp³-hybridized carbons (Fsp3) is 0.321. The Morgan fingerprint density at radius 3 is 2.65 bits per heavy atom. The molecule has 4 N–H and O–H groups in total. The molecule has 1 unspecified atom stereocenters. The second kappa shape index (κ2) is 9.75. The van der Waals surface area contributed by atoms with Gasteiger partial charge in [0.15, 0.2) is 17.9 Å². The lowest BCUT2D eigenvalue weighted by atomic mass is 9.86. The Labute approximate surface area is 212 Å². The van der Waals surface area contributed by atoms with Crippen LogP contribution in [0.15, 0.2) is 60.8 Å². The Kier molecular flexibility index (Phi) is 6.63. The molecular formula is C28H29FN2O6. The van der Waals surface area contributed by atoms with Gasteiger partial charge in [-0.15, -0.1) is 0 Å². The molecule has 1 amide bonds. The van der Waals surface area contributed by atoms with Crippen molar-refractivity contribution in [3.05, 3.63) is 77.7 Å². The van der Waals surface area contributed by atoms with Crippen LogP contribution in [0.3, 0.4) is 0 Å². The number of carbonyl (C=O) groups excluding carboxylic acids is 1. The van der Waals surface area contributed by atoms with Crippen molar-refractivity contribution in [3.63, 3.8) is 0 Å². The maximum atomic E-state index is 14.7. The molecule has 0 bridgehead atoms. The minimum absolute atomic E-state index is 0.0277. The van der Waals surface area contributed by atoms with E-state index in [1.165, 1.54) is 20.1 Å². The predicted molar refractivity (Wildman–Crippen MR) is 136 cm³/mol. The number of fused-ring (bicyclic) bond motifs is 2. The largest absolute Gasteiger partial charge is 0.494 e. The number of amides is 1. The van der Waals surface area contributed by atoms with Gasteiger partial charge in [-0.3, -0.25) is 4.79 Å². The molecule has 3 aromatic carbocycles. The Balaban J connectivity index is 1.53. The van der Waals surface area contributed by atoms with E-state index >= 15 is 0 Å². The summed E-state index contributed by atoms with van der Waals surface area (Å²) in [6.45, 7) is 1.50. The van der Waals surface area contributed by atoms with Crippen LogP contribution in [-0.4, -0.2) is 63.5 Å². The normalized spacial score (nSPS) is 23.9. The molecule has 9 heteroatoms. The van der Waals surface area contributed by atoms with Gasteiger partial charge in [0.2, 0.25) is 0 Å². The summed E-state index contributed by atoms with van der Waals surface area (Å²) in [7, 11) is 1.38. The molecule has 0 spiro atoms. The summed E-state index contributed by atoms with van der Waals surface area (Å²) in [4.78, 5) is 13.5. The van der Waals surface area contributed by atoms with Gasteiger partial charge >= 0.3 is 0 Å². The standard InChI is InChI=1S/C28H29FN2O6/c1-28(25(33)10-19(15-32)37-27(28)35)30-26(34)21-14-31(23-12-24(36-2)22(29)11-20(21)23)13-16-7-8-17-5-3-4-6-18(17)9-16/h3-9,11-12,14,19,25,27,32-33,35H,10,13,15H2,1-2H3,(H,30,34)/t19-,25-,27?,28+/m0/s1. The van der Waals surface area contributed by atoms with Crippen LogP contribution in [-0.2, 0) is 11.3 Å². The minimum atomic E-state index is -1.56. The maximum absolute atomic E-state index is 14.7. The molecule has 1 fully saturated rings. The lowest BCUT2D eigenvalue weighted by molar-refractivity contribution is -0.241. The fourth-order valence-corrected chi connectivity index (χ4v) is 4.91. The lowest BCUT2D eigenvalue weighted by Gasteiger charge is -2.45. The van der Waals surface area contributed by atoms with Gasteiger partial charge in [-0.05, 0) is 35.4 Å². The van der Waals surface area contributed by atoms with E-state index in [2.05, 4.69) is 11.4 Å². The number of nitrogens with one attached hydrogen (secondary N) is 1. The predicted octanol–water partition coefficient (Wildman–Crippen LogP) is 2.94. The van der Waals surface area contributed by atoms with Crippen LogP contribution in [0, 0.1) is 5.82 Å². The van der Waals surface area contributed by atoms with E-state index in [0.29, 0.717) is 17.4 Å². The molecule has 4 aromatic rings. The molecule has 37 heavy (non-hydrogen) atoms. The number of benzene rings is 3. The summed E-state index contributed by atoms with van der Waals surface area (Å²) in [5.41, 5.74) is 0.199.